The molecule has 1 saturated carbocycles. The standard InChI is InChI=1S/C16H21N3/c1-2-11-19-12-10-18-15(19)14(17)16(8-9-16)13-6-4-3-5-7-13/h3-7,10,12,14H,2,8-9,11,17H2,1H3. The second kappa shape index (κ2) is 4.82. The van der Waals surface area contributed by atoms with Crippen LogP contribution >= 0.6 is 0 Å². The molecule has 1 aliphatic carbocycles. The van der Waals surface area contributed by atoms with E-state index in [9.17, 15) is 0 Å². The van der Waals surface area contributed by atoms with Crippen molar-refractivity contribution in [3.8, 4) is 0 Å². The van der Waals surface area contributed by atoms with E-state index in [-0.39, 0.29) is 11.5 Å². The molecule has 100 valence electrons. The van der Waals surface area contributed by atoms with Gasteiger partial charge in [0.25, 0.3) is 0 Å². The quantitative estimate of drug-likeness (QED) is 0.892. The number of benzene rings is 1. The molecule has 1 aromatic heterocycles. The summed E-state index contributed by atoms with van der Waals surface area (Å²) in [7, 11) is 0. The third-order valence-electron chi connectivity index (χ3n) is 4.22. The van der Waals surface area contributed by atoms with Gasteiger partial charge in [-0.25, -0.2) is 4.98 Å². The van der Waals surface area contributed by atoms with Crippen LogP contribution in [0.5, 0.6) is 0 Å². The molecule has 2 aromatic rings. The Bertz CT molecular complexity index is 540. The van der Waals surface area contributed by atoms with Gasteiger partial charge in [0, 0.05) is 24.4 Å². The van der Waals surface area contributed by atoms with Crippen molar-refractivity contribution < 1.29 is 0 Å². The van der Waals surface area contributed by atoms with Gasteiger partial charge in [-0.05, 0) is 24.8 Å². The average Bonchev–Trinajstić information content (AvgIpc) is 3.14. The molecule has 1 heterocycles. The van der Waals surface area contributed by atoms with Crippen molar-refractivity contribution in [3.63, 3.8) is 0 Å². The highest BCUT2D eigenvalue weighted by molar-refractivity contribution is 5.35. The second-order valence-electron chi connectivity index (χ2n) is 5.48. The van der Waals surface area contributed by atoms with E-state index in [1.54, 1.807) is 0 Å². The van der Waals surface area contributed by atoms with Crippen LogP contribution in [0.2, 0.25) is 0 Å². The first-order valence-corrected chi connectivity index (χ1v) is 7.10. The third-order valence-corrected chi connectivity index (χ3v) is 4.22. The number of aryl methyl sites for hydroxylation is 1. The summed E-state index contributed by atoms with van der Waals surface area (Å²) in [5, 5.41) is 0. The molecular formula is C16H21N3. The Morgan fingerprint density at radius 3 is 2.68 bits per heavy atom. The molecule has 19 heavy (non-hydrogen) atoms. The summed E-state index contributed by atoms with van der Waals surface area (Å²) >= 11 is 0. The van der Waals surface area contributed by atoms with Crippen molar-refractivity contribution >= 4 is 0 Å². The molecule has 0 bridgehead atoms. The Balaban J connectivity index is 1.91. The van der Waals surface area contributed by atoms with E-state index in [1.807, 2.05) is 12.4 Å². The van der Waals surface area contributed by atoms with Crippen LogP contribution in [0.1, 0.15) is 43.6 Å². The monoisotopic (exact) mass is 255 g/mol. The maximum absolute atomic E-state index is 6.56. The lowest BCUT2D eigenvalue weighted by atomic mass is 9.88. The molecule has 3 heteroatoms. The number of nitrogens with two attached hydrogens (primary N) is 1. The van der Waals surface area contributed by atoms with Crippen LogP contribution in [0, 0.1) is 0 Å². The zero-order chi connectivity index (χ0) is 13.3. The fraction of sp³-hybridized carbons (Fsp3) is 0.438. The van der Waals surface area contributed by atoms with Gasteiger partial charge in [0.2, 0.25) is 0 Å². The average molecular weight is 255 g/mol. The van der Waals surface area contributed by atoms with Gasteiger partial charge in [0.05, 0.1) is 6.04 Å². The zero-order valence-corrected chi connectivity index (χ0v) is 11.4. The molecule has 1 unspecified atom stereocenters. The van der Waals surface area contributed by atoms with Gasteiger partial charge >= 0.3 is 0 Å². The number of aromatic nitrogens is 2. The Morgan fingerprint density at radius 1 is 1.32 bits per heavy atom. The van der Waals surface area contributed by atoms with E-state index < -0.39 is 0 Å². The molecule has 0 radical (unpaired) electrons. The van der Waals surface area contributed by atoms with Crippen LogP contribution in [0.4, 0.5) is 0 Å². The van der Waals surface area contributed by atoms with Gasteiger partial charge in [0.15, 0.2) is 0 Å². The smallest absolute Gasteiger partial charge is 0.126 e. The first-order chi connectivity index (χ1) is 9.28. The SMILES string of the molecule is CCCn1ccnc1C(N)C1(c2ccccc2)CC1. The fourth-order valence-electron chi connectivity index (χ4n) is 2.96. The highest BCUT2D eigenvalue weighted by Gasteiger charge is 2.51. The Kier molecular flexibility index (Phi) is 3.15. The molecule has 3 nitrogen and oxygen atoms in total. The van der Waals surface area contributed by atoms with Gasteiger partial charge in [-0.1, -0.05) is 37.3 Å². The predicted molar refractivity (Wildman–Crippen MR) is 76.8 cm³/mol. The number of nitrogens with zero attached hydrogens (tertiary/aromatic N) is 2. The van der Waals surface area contributed by atoms with Crippen LogP contribution in [0.15, 0.2) is 42.7 Å². The minimum Gasteiger partial charge on any atom is -0.334 e. The van der Waals surface area contributed by atoms with Crippen LogP contribution in [0.3, 0.4) is 0 Å². The minimum absolute atomic E-state index is 0.00329. The van der Waals surface area contributed by atoms with Gasteiger partial charge in [0.1, 0.15) is 5.82 Å². The highest BCUT2D eigenvalue weighted by Crippen LogP contribution is 2.55. The lowest BCUT2D eigenvalue weighted by Gasteiger charge is -2.24. The fourth-order valence-corrected chi connectivity index (χ4v) is 2.96. The third kappa shape index (κ3) is 2.08. The normalized spacial score (nSPS) is 18.2. The zero-order valence-electron chi connectivity index (χ0n) is 11.4. The van der Waals surface area contributed by atoms with E-state index in [4.69, 9.17) is 5.73 Å². The van der Waals surface area contributed by atoms with Crippen molar-refractivity contribution in [2.75, 3.05) is 0 Å². The summed E-state index contributed by atoms with van der Waals surface area (Å²) < 4.78 is 2.20. The molecule has 0 saturated heterocycles. The summed E-state index contributed by atoms with van der Waals surface area (Å²) in [6, 6.07) is 10.6. The molecule has 1 aromatic carbocycles. The Morgan fingerprint density at radius 2 is 2.05 bits per heavy atom. The summed E-state index contributed by atoms with van der Waals surface area (Å²) in [6.07, 6.45) is 7.34. The number of rotatable bonds is 5. The largest absolute Gasteiger partial charge is 0.334 e. The van der Waals surface area contributed by atoms with Crippen LogP contribution < -0.4 is 5.73 Å². The predicted octanol–water partition coefficient (Wildman–Crippen LogP) is 3.02. The number of hydrogen-bond donors (Lipinski definition) is 1. The Labute approximate surface area is 114 Å². The van der Waals surface area contributed by atoms with Crippen molar-refractivity contribution in [3.05, 3.63) is 54.1 Å². The van der Waals surface area contributed by atoms with Gasteiger partial charge in [-0.2, -0.15) is 0 Å². The van der Waals surface area contributed by atoms with Gasteiger partial charge < -0.3 is 10.3 Å². The van der Waals surface area contributed by atoms with E-state index in [1.165, 1.54) is 5.56 Å². The molecule has 2 N–H and O–H groups in total. The van der Waals surface area contributed by atoms with Crippen LogP contribution in [-0.2, 0) is 12.0 Å². The van der Waals surface area contributed by atoms with Crippen LogP contribution in [0.25, 0.3) is 0 Å². The van der Waals surface area contributed by atoms with E-state index >= 15 is 0 Å². The summed E-state index contributed by atoms with van der Waals surface area (Å²) in [5.41, 5.74) is 8.02. The second-order valence-corrected chi connectivity index (χ2v) is 5.48. The molecule has 1 aliphatic rings. The first kappa shape index (κ1) is 12.4. The lowest BCUT2D eigenvalue weighted by Crippen LogP contribution is -2.29. The molecule has 1 fully saturated rings. The van der Waals surface area contributed by atoms with E-state index in [0.717, 1.165) is 31.6 Å². The number of hydrogen-bond acceptors (Lipinski definition) is 2. The molecule has 0 amide bonds. The van der Waals surface area contributed by atoms with Gasteiger partial charge in [-0.3, -0.25) is 0 Å². The maximum atomic E-state index is 6.56. The van der Waals surface area contributed by atoms with Crippen molar-refractivity contribution in [1.29, 1.82) is 0 Å². The number of imidazole rings is 1. The molecule has 1 atom stereocenters. The summed E-state index contributed by atoms with van der Waals surface area (Å²) in [6.45, 7) is 3.17. The molecule has 0 aliphatic heterocycles. The summed E-state index contributed by atoms with van der Waals surface area (Å²) in [4.78, 5) is 4.50. The summed E-state index contributed by atoms with van der Waals surface area (Å²) in [5.74, 6) is 1.03. The van der Waals surface area contributed by atoms with Crippen molar-refractivity contribution in [2.45, 2.75) is 44.2 Å². The van der Waals surface area contributed by atoms with E-state index in [2.05, 4.69) is 46.8 Å². The van der Waals surface area contributed by atoms with Crippen LogP contribution in [-0.4, -0.2) is 9.55 Å². The van der Waals surface area contributed by atoms with Crippen molar-refractivity contribution in [2.24, 2.45) is 5.73 Å². The maximum Gasteiger partial charge on any atom is 0.126 e. The highest BCUT2D eigenvalue weighted by atomic mass is 15.1. The topological polar surface area (TPSA) is 43.8 Å². The Hall–Kier alpha value is -1.61. The molecule has 3 rings (SSSR count). The first-order valence-electron chi connectivity index (χ1n) is 7.10. The lowest BCUT2D eigenvalue weighted by molar-refractivity contribution is 0.482. The van der Waals surface area contributed by atoms with Crippen molar-refractivity contribution in [1.82, 2.24) is 9.55 Å². The van der Waals surface area contributed by atoms with E-state index in [0.29, 0.717) is 0 Å². The molecular weight excluding hydrogens is 234 g/mol. The van der Waals surface area contributed by atoms with Gasteiger partial charge in [-0.15, -0.1) is 0 Å². The minimum atomic E-state index is -0.00329. The molecule has 0 spiro atoms.